The van der Waals surface area contributed by atoms with Gasteiger partial charge in [-0.2, -0.15) is 0 Å². The van der Waals surface area contributed by atoms with Crippen LogP contribution in [0.4, 0.5) is 4.39 Å². The fraction of sp³-hybridized carbons (Fsp3) is 0.474. The van der Waals surface area contributed by atoms with Gasteiger partial charge >= 0.3 is 13.5 Å². The third-order valence-electron chi connectivity index (χ3n) is 5.01. The summed E-state index contributed by atoms with van der Waals surface area (Å²) in [4.78, 5) is 25.7. The number of aryl methyl sites for hydroxylation is 2. The smallest absolute Gasteiger partial charge is 0.403 e. The Bertz CT molecular complexity index is 1270. The van der Waals surface area contributed by atoms with Gasteiger partial charge in [-0.25, -0.2) is 13.8 Å². The van der Waals surface area contributed by atoms with E-state index in [9.17, 15) is 24.4 Å². The number of rotatable bonds is 5. The summed E-state index contributed by atoms with van der Waals surface area (Å²) in [7, 11) is -4.26. The number of nitrogens with one attached hydrogen (secondary N) is 1. The predicted molar refractivity (Wildman–Crippen MR) is 107 cm³/mol. The highest BCUT2D eigenvalue weighted by Gasteiger charge is 2.50. The Labute approximate surface area is 182 Å². The number of aromatic nitrogens is 2. The molecule has 0 spiro atoms. The van der Waals surface area contributed by atoms with Crippen molar-refractivity contribution in [3.8, 4) is 5.75 Å². The average molecular weight is 473 g/mol. The number of hydrogen-bond acceptors (Lipinski definition) is 9. The lowest BCUT2D eigenvalue weighted by Gasteiger charge is -2.28. The normalized spacial score (nSPS) is 32.3. The number of hydrogen-bond donors (Lipinski definition) is 3. The molecular weight excluding hydrogens is 450 g/mol. The van der Waals surface area contributed by atoms with Gasteiger partial charge in [-0.15, -0.1) is 0 Å². The lowest BCUT2D eigenvalue weighted by molar-refractivity contribution is -0.179. The van der Waals surface area contributed by atoms with Crippen molar-refractivity contribution in [2.45, 2.75) is 51.6 Å². The largest absolute Gasteiger partial charge is 0.530 e. The molecule has 1 aromatic heterocycles. The quantitative estimate of drug-likeness (QED) is 0.547. The number of aliphatic hydroxyl groups excluding tert-OH is 2. The zero-order chi connectivity index (χ0) is 24.2. The van der Waals surface area contributed by atoms with Crippen molar-refractivity contribution in [2.75, 3.05) is 6.61 Å². The van der Waals surface area contributed by atoms with Gasteiger partial charge in [0.2, 0.25) is 5.85 Å². The molecule has 174 valence electrons. The maximum Gasteiger partial charge on any atom is 0.530 e. The number of phosphoric acid groups is 1. The molecule has 13 heteroatoms. The first-order valence-corrected chi connectivity index (χ1v) is 11.1. The van der Waals surface area contributed by atoms with E-state index in [0.717, 1.165) is 11.8 Å². The molecule has 32 heavy (non-hydrogen) atoms. The summed E-state index contributed by atoms with van der Waals surface area (Å²) in [5.41, 5.74) is -0.0943. The van der Waals surface area contributed by atoms with Crippen molar-refractivity contribution in [3.63, 3.8) is 0 Å². The lowest BCUT2D eigenvalue weighted by atomic mass is 10.1. The van der Waals surface area contributed by atoms with Crippen LogP contribution in [0.2, 0.25) is 0 Å². The van der Waals surface area contributed by atoms with E-state index in [4.69, 9.17) is 19.7 Å². The van der Waals surface area contributed by atoms with Gasteiger partial charge in [0.25, 0.3) is 5.56 Å². The summed E-state index contributed by atoms with van der Waals surface area (Å²) in [6, 6.07) is 3.59. The van der Waals surface area contributed by atoms with Gasteiger partial charge in [-0.1, -0.05) is 17.7 Å². The van der Waals surface area contributed by atoms with Crippen molar-refractivity contribution in [1.29, 1.82) is 0 Å². The maximum atomic E-state index is 15.4. The number of aliphatic hydroxyl groups is 2. The molecule has 2 aliphatic rings. The average Bonchev–Trinajstić information content (AvgIpc) is 2.97. The minimum absolute atomic E-state index is 0.100. The Morgan fingerprint density at radius 2 is 2.19 bits per heavy atom. The van der Waals surface area contributed by atoms with Crippen LogP contribution in [0.3, 0.4) is 0 Å². The van der Waals surface area contributed by atoms with Crippen LogP contribution < -0.4 is 15.8 Å². The van der Waals surface area contributed by atoms with Crippen molar-refractivity contribution >= 4 is 7.82 Å². The van der Waals surface area contributed by atoms with Gasteiger partial charge in [-0.05, 0) is 19.4 Å². The molecule has 0 amide bonds. The fourth-order valence-electron chi connectivity index (χ4n) is 3.56. The summed E-state index contributed by atoms with van der Waals surface area (Å²) < 4.78 is 57.8. The molecule has 3 N–H and O–H groups in total. The zero-order valence-electron chi connectivity index (χ0n) is 18.2. The molecule has 1 aromatic carbocycles. The van der Waals surface area contributed by atoms with E-state index >= 15 is 4.39 Å². The molecular formula is C19H22FN2O9P. The molecule has 3 heterocycles. The van der Waals surface area contributed by atoms with Crippen molar-refractivity contribution < 1.29 is 38.8 Å². The highest BCUT2D eigenvalue weighted by molar-refractivity contribution is 7.49. The molecule has 11 nitrogen and oxygen atoms in total. The highest BCUT2D eigenvalue weighted by Crippen LogP contribution is 2.56. The van der Waals surface area contributed by atoms with Gasteiger partial charge in [0.1, 0.15) is 18.5 Å². The van der Waals surface area contributed by atoms with Crippen LogP contribution in [0.15, 0.2) is 27.9 Å². The number of benzene rings is 1. The molecule has 0 saturated carbocycles. The number of ether oxygens (including phenoxy) is 1. The maximum absolute atomic E-state index is 15.4. The number of H-pyrrole nitrogens is 1. The first kappa shape index (κ1) is 21.5. The van der Waals surface area contributed by atoms with Crippen LogP contribution in [-0.4, -0.2) is 38.3 Å². The summed E-state index contributed by atoms with van der Waals surface area (Å²) in [6.07, 6.45) is -4.62. The van der Waals surface area contributed by atoms with Crippen LogP contribution in [-0.2, 0) is 31.6 Å². The minimum Gasteiger partial charge on any atom is -0.403 e. The Balaban J connectivity index is 1.54. The van der Waals surface area contributed by atoms with E-state index in [0.29, 0.717) is 21.4 Å². The van der Waals surface area contributed by atoms with Gasteiger partial charge in [0.15, 0.2) is 6.20 Å². The van der Waals surface area contributed by atoms with Crippen molar-refractivity contribution in [1.82, 2.24) is 9.55 Å². The molecule has 2 aliphatic heterocycles. The van der Waals surface area contributed by atoms with Crippen LogP contribution in [0.5, 0.6) is 5.75 Å². The minimum atomic E-state index is -4.26. The van der Waals surface area contributed by atoms with Gasteiger partial charge in [0.05, 0.1) is 20.1 Å². The van der Waals surface area contributed by atoms with Crippen LogP contribution in [0.1, 0.15) is 36.2 Å². The van der Waals surface area contributed by atoms with Crippen LogP contribution >= 0.6 is 7.82 Å². The number of nitrogens with zero attached hydrogens (tertiary/aromatic N) is 1. The summed E-state index contributed by atoms with van der Waals surface area (Å²) >= 11 is 0. The van der Waals surface area contributed by atoms with E-state index in [2.05, 4.69) is 0 Å². The Morgan fingerprint density at radius 1 is 1.44 bits per heavy atom. The second-order valence-corrected chi connectivity index (χ2v) is 9.23. The van der Waals surface area contributed by atoms with E-state index in [1.54, 1.807) is 19.1 Å². The lowest BCUT2D eigenvalue weighted by Crippen LogP contribution is -2.37. The number of alkyl halides is 1. The van der Waals surface area contributed by atoms with E-state index in [1.807, 2.05) is 11.9 Å². The monoisotopic (exact) mass is 473 g/mol. The fourth-order valence-corrected chi connectivity index (χ4v) is 4.88. The van der Waals surface area contributed by atoms with Crippen LogP contribution in [0, 0.1) is 13.8 Å². The molecule has 0 radical (unpaired) electrons. The number of fused-ring (bicyclic) bond motifs is 1. The number of aromatic amines is 1. The molecule has 1 fully saturated rings. The SMILES string of the molecule is [2H][C@@]1(n2cc(CO)c(=O)[nH]c2=O)O[C@](F)(COP2(=O)OCc3cc(C)cc(C)c3O2)C[C@H]1O. The molecule has 2 aromatic rings. The van der Waals surface area contributed by atoms with Gasteiger partial charge < -0.3 is 19.5 Å². The topological polar surface area (TPSA) is 149 Å². The molecule has 1 unspecified atom stereocenters. The van der Waals surface area contributed by atoms with E-state index in [1.165, 1.54) is 0 Å². The van der Waals surface area contributed by atoms with E-state index in [-0.39, 0.29) is 12.2 Å². The van der Waals surface area contributed by atoms with Gasteiger partial charge in [0, 0.05) is 18.2 Å². The third-order valence-corrected chi connectivity index (χ3v) is 6.31. The number of halogens is 1. The Kier molecular flexibility index (Phi) is 5.52. The molecule has 4 atom stereocenters. The molecule has 4 rings (SSSR count). The highest BCUT2D eigenvalue weighted by atomic mass is 31.2. The summed E-state index contributed by atoms with van der Waals surface area (Å²) in [5.74, 6) is -2.57. The second kappa shape index (κ2) is 8.22. The van der Waals surface area contributed by atoms with Crippen molar-refractivity contribution in [2.24, 2.45) is 0 Å². The zero-order valence-corrected chi connectivity index (χ0v) is 18.1. The molecule has 0 aliphatic carbocycles. The molecule has 1 saturated heterocycles. The van der Waals surface area contributed by atoms with E-state index < -0.39 is 56.9 Å². The first-order valence-electron chi connectivity index (χ1n) is 10.1. The van der Waals surface area contributed by atoms with Crippen LogP contribution in [0.25, 0.3) is 0 Å². The predicted octanol–water partition coefficient (Wildman–Crippen LogP) is 1.33. The third kappa shape index (κ3) is 4.29. The standard InChI is InChI=1S/C19H22FN2O9P/c1-10-3-11(2)15-12(4-10)8-28-32(27,31-15)29-9-19(20)5-14(24)17(30-19)22-6-13(7-23)16(25)21-18(22)26/h3-4,6,14,17,23-24H,5,7-9H2,1-2H3,(H,21,25,26)/t14-,17-,19+,32?/m1/s1/i17D. The summed E-state index contributed by atoms with van der Waals surface area (Å²) in [5, 5.41) is 19.6. The summed E-state index contributed by atoms with van der Waals surface area (Å²) in [6.45, 7) is 1.69. The second-order valence-electron chi connectivity index (χ2n) is 7.64. The Hall–Kier alpha value is -2.34. The molecule has 0 bridgehead atoms. The first-order chi connectivity index (χ1) is 15.4. The number of phosphoric ester groups is 1. The van der Waals surface area contributed by atoms with Crippen molar-refractivity contribution in [3.05, 3.63) is 61.4 Å². The Morgan fingerprint density at radius 3 is 2.91 bits per heavy atom. The van der Waals surface area contributed by atoms with Gasteiger partial charge in [-0.3, -0.25) is 23.4 Å².